The van der Waals surface area contributed by atoms with Gasteiger partial charge in [-0.15, -0.1) is 0 Å². The molecular weight excluding hydrogens is 342 g/mol. The van der Waals surface area contributed by atoms with Gasteiger partial charge in [-0.1, -0.05) is 23.9 Å². The van der Waals surface area contributed by atoms with E-state index in [1.165, 1.54) is 12.1 Å². The second kappa shape index (κ2) is 7.26. The van der Waals surface area contributed by atoms with Crippen molar-refractivity contribution in [3.8, 4) is 5.75 Å². The van der Waals surface area contributed by atoms with Crippen molar-refractivity contribution in [1.82, 2.24) is 0 Å². The molecule has 0 spiro atoms. The van der Waals surface area contributed by atoms with Gasteiger partial charge >= 0.3 is 59.1 Å². The Balaban J connectivity index is 0.00000200. The second-order valence-corrected chi connectivity index (χ2v) is 6.44. The van der Waals surface area contributed by atoms with E-state index < -0.39 is 35.8 Å². The van der Waals surface area contributed by atoms with Gasteiger partial charge in [-0.2, -0.15) is 8.42 Å². The Bertz CT molecular complexity index is 876. The van der Waals surface area contributed by atoms with Gasteiger partial charge in [-0.25, -0.2) is 8.42 Å². The van der Waals surface area contributed by atoms with E-state index in [2.05, 4.69) is 0 Å². The SMILES string of the molecule is O=S(=O)([O-])c1cccc2cc(S(=O)(=O)O)c([O-])cc12.[Na+].[Na+]. The van der Waals surface area contributed by atoms with Gasteiger partial charge in [0.2, 0.25) is 0 Å². The van der Waals surface area contributed by atoms with Gasteiger partial charge in [0.15, 0.2) is 0 Å². The molecule has 0 radical (unpaired) electrons. The minimum absolute atomic E-state index is 0. The van der Waals surface area contributed by atoms with Crippen molar-refractivity contribution in [2.24, 2.45) is 0 Å². The van der Waals surface area contributed by atoms with Crippen LogP contribution in [0.15, 0.2) is 40.1 Å². The van der Waals surface area contributed by atoms with E-state index in [1.54, 1.807) is 0 Å². The summed E-state index contributed by atoms with van der Waals surface area (Å²) in [5.41, 5.74) is 0. The van der Waals surface area contributed by atoms with Crippen LogP contribution >= 0.6 is 0 Å². The molecule has 102 valence electrons. The molecule has 0 saturated carbocycles. The first-order valence-corrected chi connectivity index (χ1v) is 7.63. The van der Waals surface area contributed by atoms with Crippen LogP contribution in [0, 0.1) is 0 Å². The molecule has 0 aromatic heterocycles. The molecule has 0 saturated heterocycles. The molecular formula is C10H6Na2O7S2. The van der Waals surface area contributed by atoms with E-state index in [9.17, 15) is 26.5 Å². The molecule has 0 atom stereocenters. The fourth-order valence-electron chi connectivity index (χ4n) is 1.68. The predicted octanol–water partition coefficient (Wildman–Crippen LogP) is -5.93. The number of hydrogen-bond acceptors (Lipinski definition) is 6. The van der Waals surface area contributed by atoms with Crippen LogP contribution in [0.2, 0.25) is 0 Å². The maximum atomic E-state index is 11.5. The zero-order valence-electron chi connectivity index (χ0n) is 11.1. The number of hydrogen-bond donors (Lipinski definition) is 1. The molecule has 21 heavy (non-hydrogen) atoms. The molecule has 0 aliphatic carbocycles. The smallest absolute Gasteiger partial charge is 0.872 e. The van der Waals surface area contributed by atoms with Crippen LogP contribution in [0.3, 0.4) is 0 Å². The third-order valence-electron chi connectivity index (χ3n) is 2.45. The largest absolute Gasteiger partial charge is 1.00 e. The minimum Gasteiger partial charge on any atom is -0.872 e. The summed E-state index contributed by atoms with van der Waals surface area (Å²) in [7, 11) is -9.51. The molecule has 11 heteroatoms. The molecule has 0 amide bonds. The van der Waals surface area contributed by atoms with E-state index >= 15 is 0 Å². The maximum absolute atomic E-state index is 11.5. The molecule has 0 heterocycles. The Hall–Kier alpha value is 0.320. The van der Waals surface area contributed by atoms with Gasteiger partial charge in [-0.05, 0) is 22.9 Å². The normalized spacial score (nSPS) is 11.5. The molecule has 0 unspecified atom stereocenters. The number of fused-ring (bicyclic) bond motifs is 1. The molecule has 7 nitrogen and oxygen atoms in total. The van der Waals surface area contributed by atoms with Crippen molar-refractivity contribution >= 4 is 31.0 Å². The summed E-state index contributed by atoms with van der Waals surface area (Å²) < 4.78 is 63.8. The molecule has 0 aliphatic rings. The molecule has 2 aromatic carbocycles. The molecule has 1 N–H and O–H groups in total. The van der Waals surface area contributed by atoms with E-state index in [1.807, 2.05) is 0 Å². The summed E-state index contributed by atoms with van der Waals surface area (Å²) in [6.45, 7) is 0. The minimum atomic E-state index is -4.80. The van der Waals surface area contributed by atoms with Crippen LogP contribution in [0.4, 0.5) is 0 Å². The fourth-order valence-corrected chi connectivity index (χ4v) is 2.96. The van der Waals surface area contributed by atoms with Crippen LogP contribution in [-0.2, 0) is 20.2 Å². The van der Waals surface area contributed by atoms with Crippen molar-refractivity contribution in [3.63, 3.8) is 0 Å². The molecule has 2 rings (SSSR count). The van der Waals surface area contributed by atoms with Gasteiger partial charge in [0.1, 0.15) is 10.1 Å². The van der Waals surface area contributed by atoms with Gasteiger partial charge in [0.05, 0.1) is 9.79 Å². The summed E-state index contributed by atoms with van der Waals surface area (Å²) in [5, 5.41) is 11.4. The van der Waals surface area contributed by atoms with Crippen molar-refractivity contribution in [2.45, 2.75) is 9.79 Å². The Morgan fingerprint density at radius 2 is 1.52 bits per heavy atom. The third kappa shape index (κ3) is 4.64. The van der Waals surface area contributed by atoms with E-state index in [0.717, 1.165) is 12.1 Å². The monoisotopic (exact) mass is 348 g/mol. The summed E-state index contributed by atoms with van der Waals surface area (Å²) in [4.78, 5) is -1.50. The average molecular weight is 348 g/mol. The van der Waals surface area contributed by atoms with Gasteiger partial charge in [0, 0.05) is 0 Å². The third-order valence-corrected chi connectivity index (χ3v) is 4.22. The summed E-state index contributed by atoms with van der Waals surface area (Å²) >= 11 is 0. The van der Waals surface area contributed by atoms with Crippen molar-refractivity contribution in [3.05, 3.63) is 30.3 Å². The van der Waals surface area contributed by atoms with Crippen LogP contribution < -0.4 is 64.2 Å². The van der Waals surface area contributed by atoms with E-state index in [4.69, 9.17) is 4.55 Å². The van der Waals surface area contributed by atoms with Crippen molar-refractivity contribution < 1.29 is 90.2 Å². The van der Waals surface area contributed by atoms with E-state index in [-0.39, 0.29) is 69.9 Å². The maximum Gasteiger partial charge on any atom is 1.00 e. The van der Waals surface area contributed by atoms with Crippen molar-refractivity contribution in [1.29, 1.82) is 0 Å². The zero-order chi connectivity index (χ0) is 14.4. The first-order valence-electron chi connectivity index (χ1n) is 4.78. The number of rotatable bonds is 2. The topological polar surface area (TPSA) is 135 Å². The van der Waals surface area contributed by atoms with Crippen molar-refractivity contribution in [2.75, 3.05) is 0 Å². The average Bonchev–Trinajstić information content (AvgIpc) is 2.24. The van der Waals surface area contributed by atoms with Gasteiger partial charge < -0.3 is 9.66 Å². The number of benzene rings is 2. The Labute approximate surface area is 165 Å². The predicted molar refractivity (Wildman–Crippen MR) is 61.2 cm³/mol. The van der Waals surface area contributed by atoms with E-state index in [0.29, 0.717) is 6.07 Å². The Morgan fingerprint density at radius 1 is 0.952 bits per heavy atom. The van der Waals surface area contributed by atoms with Crippen LogP contribution in [0.5, 0.6) is 5.75 Å². The van der Waals surface area contributed by atoms with Gasteiger partial charge in [0.25, 0.3) is 10.1 Å². The summed E-state index contributed by atoms with van der Waals surface area (Å²) in [6.07, 6.45) is 0. The molecule has 2 aromatic rings. The standard InChI is InChI=1S/C10H8O7S2.2Na/c11-8-5-7-6(4-10(8)19(15,16)17)2-1-3-9(7)18(12,13)14;;/h1-5,11H,(H,12,13,14)(H,15,16,17);;/q;2*+1/p-2. The zero-order valence-corrected chi connectivity index (χ0v) is 16.7. The molecule has 0 fully saturated rings. The second-order valence-electron chi connectivity index (χ2n) is 3.71. The van der Waals surface area contributed by atoms with Gasteiger partial charge in [-0.3, -0.25) is 4.55 Å². The Morgan fingerprint density at radius 3 is 2.00 bits per heavy atom. The molecule has 0 aliphatic heterocycles. The quantitative estimate of drug-likeness (QED) is 0.422. The Kier molecular flexibility index (Phi) is 7.37. The fraction of sp³-hybridized carbons (Fsp3) is 0. The summed E-state index contributed by atoms with van der Waals surface area (Å²) in [5.74, 6) is -1.09. The summed E-state index contributed by atoms with van der Waals surface area (Å²) in [6, 6.07) is 5.08. The molecule has 0 bridgehead atoms. The van der Waals surface area contributed by atoms with Crippen LogP contribution in [-0.4, -0.2) is 25.9 Å². The first kappa shape index (κ1) is 21.3. The van der Waals surface area contributed by atoms with Crippen LogP contribution in [0.1, 0.15) is 0 Å². The first-order chi connectivity index (χ1) is 8.60. The van der Waals surface area contributed by atoms with Crippen LogP contribution in [0.25, 0.3) is 10.8 Å².